The highest BCUT2D eigenvalue weighted by Gasteiger charge is 2.30. The molecule has 0 spiro atoms. The van der Waals surface area contributed by atoms with Gasteiger partial charge in [0.2, 0.25) is 0 Å². The number of hydrogen-bond donors (Lipinski definition) is 0. The number of hydrogen-bond acceptors (Lipinski definition) is 3. The second kappa shape index (κ2) is 5.99. The van der Waals surface area contributed by atoms with Gasteiger partial charge in [0.1, 0.15) is 4.32 Å². The molecule has 1 aliphatic heterocycles. The van der Waals surface area contributed by atoms with E-state index in [0.717, 1.165) is 16.5 Å². The van der Waals surface area contributed by atoms with Crippen molar-refractivity contribution in [2.45, 2.75) is 13.3 Å². The molecule has 0 unspecified atom stereocenters. The normalized spacial score (nSPS) is 17.9. The van der Waals surface area contributed by atoms with Crippen LogP contribution in [0.2, 0.25) is 0 Å². The van der Waals surface area contributed by atoms with Gasteiger partial charge < -0.3 is 0 Å². The molecule has 0 aliphatic carbocycles. The number of rotatable bonds is 3. The lowest BCUT2D eigenvalue weighted by atomic mass is 10.2. The first-order chi connectivity index (χ1) is 8.61. The molecule has 0 radical (unpaired) electrons. The van der Waals surface area contributed by atoms with E-state index in [1.807, 2.05) is 37.3 Å². The highest BCUT2D eigenvalue weighted by molar-refractivity contribution is 9.10. The number of amides is 1. The summed E-state index contributed by atoms with van der Waals surface area (Å²) in [5.41, 5.74) is 1.01. The van der Waals surface area contributed by atoms with Crippen LogP contribution in [-0.4, -0.2) is 21.7 Å². The molecule has 18 heavy (non-hydrogen) atoms. The van der Waals surface area contributed by atoms with Crippen LogP contribution in [0, 0.1) is 0 Å². The average Bonchev–Trinajstić information content (AvgIpc) is 2.60. The molecule has 1 amide bonds. The number of halogens is 1. The van der Waals surface area contributed by atoms with Crippen molar-refractivity contribution in [2.24, 2.45) is 0 Å². The monoisotopic (exact) mass is 341 g/mol. The summed E-state index contributed by atoms with van der Waals surface area (Å²) in [5, 5.41) is 0. The number of thiocarbonyl (C=S) groups is 1. The zero-order valence-corrected chi connectivity index (χ0v) is 13.1. The van der Waals surface area contributed by atoms with Gasteiger partial charge in [-0.1, -0.05) is 59.0 Å². The van der Waals surface area contributed by atoms with Gasteiger partial charge >= 0.3 is 0 Å². The van der Waals surface area contributed by atoms with Crippen LogP contribution >= 0.6 is 39.9 Å². The van der Waals surface area contributed by atoms with Gasteiger partial charge in [-0.3, -0.25) is 9.69 Å². The molecular weight excluding hydrogens is 330 g/mol. The Morgan fingerprint density at radius 3 is 2.67 bits per heavy atom. The second-order valence-corrected chi connectivity index (χ2v) is 6.48. The van der Waals surface area contributed by atoms with Crippen molar-refractivity contribution in [2.75, 3.05) is 6.54 Å². The maximum atomic E-state index is 12.1. The predicted molar refractivity (Wildman–Crippen MR) is 84.3 cm³/mol. The van der Waals surface area contributed by atoms with E-state index in [-0.39, 0.29) is 5.91 Å². The summed E-state index contributed by atoms with van der Waals surface area (Å²) in [6.45, 7) is 2.74. The third-order valence-corrected chi connectivity index (χ3v) is 4.40. The first-order valence-corrected chi connectivity index (χ1v) is 7.64. The first kappa shape index (κ1) is 13.8. The zero-order valence-electron chi connectivity index (χ0n) is 9.85. The number of benzene rings is 1. The first-order valence-electron chi connectivity index (χ1n) is 5.62. The number of carbonyl (C=O) groups excluding carboxylic acids is 1. The van der Waals surface area contributed by atoms with E-state index in [0.29, 0.717) is 15.8 Å². The van der Waals surface area contributed by atoms with Crippen molar-refractivity contribution in [3.8, 4) is 0 Å². The van der Waals surface area contributed by atoms with Crippen LogP contribution in [0.4, 0.5) is 0 Å². The van der Waals surface area contributed by atoms with Crippen molar-refractivity contribution in [3.05, 3.63) is 39.2 Å². The molecule has 2 nitrogen and oxygen atoms in total. The van der Waals surface area contributed by atoms with Crippen LogP contribution in [-0.2, 0) is 4.79 Å². The molecule has 1 aliphatic rings. The van der Waals surface area contributed by atoms with Crippen LogP contribution in [0.3, 0.4) is 0 Å². The van der Waals surface area contributed by atoms with Crippen molar-refractivity contribution in [1.82, 2.24) is 4.90 Å². The zero-order chi connectivity index (χ0) is 13.1. The van der Waals surface area contributed by atoms with E-state index in [9.17, 15) is 4.79 Å². The molecule has 0 bridgehead atoms. The molecule has 1 aromatic carbocycles. The molecule has 0 atom stereocenters. The number of thioether (sulfide) groups is 1. The van der Waals surface area contributed by atoms with Crippen molar-refractivity contribution >= 4 is 56.2 Å². The number of carbonyl (C=O) groups is 1. The van der Waals surface area contributed by atoms with E-state index in [1.54, 1.807) is 4.90 Å². The fourth-order valence-electron chi connectivity index (χ4n) is 1.63. The summed E-state index contributed by atoms with van der Waals surface area (Å²) >= 11 is 9.98. The lowest BCUT2D eigenvalue weighted by molar-refractivity contribution is -0.122. The summed E-state index contributed by atoms with van der Waals surface area (Å²) in [6, 6.07) is 7.85. The fraction of sp³-hybridized carbons (Fsp3) is 0.231. The van der Waals surface area contributed by atoms with Gasteiger partial charge in [0.05, 0.1) is 4.91 Å². The highest BCUT2D eigenvalue weighted by atomic mass is 79.9. The lowest BCUT2D eigenvalue weighted by Gasteiger charge is -2.11. The van der Waals surface area contributed by atoms with E-state index in [2.05, 4.69) is 15.9 Å². The van der Waals surface area contributed by atoms with Gasteiger partial charge in [-0.25, -0.2) is 0 Å². The molecule has 0 aromatic heterocycles. The minimum Gasteiger partial charge on any atom is -0.293 e. The lowest BCUT2D eigenvalue weighted by Crippen LogP contribution is -2.28. The van der Waals surface area contributed by atoms with E-state index in [4.69, 9.17) is 12.2 Å². The Balaban J connectivity index is 2.22. The summed E-state index contributed by atoms with van der Waals surface area (Å²) in [7, 11) is 0. The molecule has 1 saturated heterocycles. The quantitative estimate of drug-likeness (QED) is 0.610. The summed E-state index contributed by atoms with van der Waals surface area (Å²) < 4.78 is 1.68. The molecule has 2 rings (SSSR count). The van der Waals surface area contributed by atoms with Gasteiger partial charge in [0.25, 0.3) is 5.91 Å². The second-order valence-electron chi connectivity index (χ2n) is 3.88. The standard InChI is InChI=1S/C13H12BrNOS2/c1-2-7-15-12(16)11(18-13(15)17)8-9-3-5-10(14)6-4-9/h3-6,8H,2,7H2,1H3/b11-8+. The van der Waals surface area contributed by atoms with Gasteiger partial charge in [-0.2, -0.15) is 0 Å². The molecule has 1 heterocycles. The van der Waals surface area contributed by atoms with Gasteiger partial charge in [-0.15, -0.1) is 0 Å². The van der Waals surface area contributed by atoms with Crippen molar-refractivity contribution in [1.29, 1.82) is 0 Å². The van der Waals surface area contributed by atoms with Crippen LogP contribution in [0.15, 0.2) is 33.6 Å². The maximum absolute atomic E-state index is 12.1. The molecular formula is C13H12BrNOS2. The van der Waals surface area contributed by atoms with E-state index in [1.165, 1.54) is 11.8 Å². The van der Waals surface area contributed by atoms with Crippen molar-refractivity contribution in [3.63, 3.8) is 0 Å². The Morgan fingerprint density at radius 2 is 2.06 bits per heavy atom. The number of nitrogens with zero attached hydrogens (tertiary/aromatic N) is 1. The molecule has 5 heteroatoms. The van der Waals surface area contributed by atoms with Gasteiger partial charge in [-0.05, 0) is 30.2 Å². The minimum absolute atomic E-state index is 0.0229. The SMILES string of the molecule is CCCN1C(=O)/C(=C\c2ccc(Br)cc2)SC1=S. The largest absolute Gasteiger partial charge is 0.293 e. The third kappa shape index (κ3) is 3.02. The smallest absolute Gasteiger partial charge is 0.266 e. The summed E-state index contributed by atoms with van der Waals surface area (Å²) in [4.78, 5) is 14.5. The van der Waals surface area contributed by atoms with Crippen LogP contribution in [0.5, 0.6) is 0 Å². The average molecular weight is 342 g/mol. The molecule has 94 valence electrons. The Labute approximate surface area is 125 Å². The predicted octanol–water partition coefficient (Wildman–Crippen LogP) is 4.06. The fourth-order valence-corrected chi connectivity index (χ4v) is 3.20. The topological polar surface area (TPSA) is 20.3 Å². The molecule has 0 N–H and O–H groups in total. The summed E-state index contributed by atoms with van der Waals surface area (Å²) in [5.74, 6) is 0.0229. The van der Waals surface area contributed by atoms with Crippen LogP contribution in [0.25, 0.3) is 6.08 Å². The Morgan fingerprint density at radius 1 is 1.39 bits per heavy atom. The minimum atomic E-state index is 0.0229. The third-order valence-electron chi connectivity index (χ3n) is 2.49. The van der Waals surface area contributed by atoms with Crippen molar-refractivity contribution < 1.29 is 4.79 Å². The Bertz CT molecular complexity index is 510. The van der Waals surface area contributed by atoms with Crippen LogP contribution in [0.1, 0.15) is 18.9 Å². The Hall–Kier alpha value is -0.650. The highest BCUT2D eigenvalue weighted by Crippen LogP contribution is 2.32. The molecule has 1 aromatic rings. The maximum Gasteiger partial charge on any atom is 0.266 e. The van der Waals surface area contributed by atoms with Gasteiger partial charge in [0.15, 0.2) is 0 Å². The molecule has 1 fully saturated rings. The Kier molecular flexibility index (Phi) is 4.59. The summed E-state index contributed by atoms with van der Waals surface area (Å²) in [6.07, 6.45) is 2.80. The molecule has 0 saturated carbocycles. The van der Waals surface area contributed by atoms with Crippen LogP contribution < -0.4 is 0 Å². The van der Waals surface area contributed by atoms with Gasteiger partial charge in [0, 0.05) is 11.0 Å². The van der Waals surface area contributed by atoms with E-state index < -0.39 is 0 Å². The van der Waals surface area contributed by atoms with E-state index >= 15 is 0 Å².